The minimum absolute atomic E-state index is 0.0678. The molecule has 0 aliphatic heterocycles. The summed E-state index contributed by atoms with van der Waals surface area (Å²) in [6.07, 6.45) is 0.395. The molecule has 22 heavy (non-hydrogen) atoms. The van der Waals surface area contributed by atoms with E-state index in [0.29, 0.717) is 12.3 Å². The lowest BCUT2D eigenvalue weighted by atomic mass is 10.1. The Bertz CT molecular complexity index is 644. The van der Waals surface area contributed by atoms with Gasteiger partial charge in [-0.1, -0.05) is 43.7 Å². The Morgan fingerprint density at radius 2 is 1.82 bits per heavy atom. The number of nitrogens with zero attached hydrogens (tertiary/aromatic N) is 1. The predicted molar refractivity (Wildman–Crippen MR) is 93.2 cm³/mol. The van der Waals surface area contributed by atoms with Crippen LogP contribution in [0.3, 0.4) is 0 Å². The first kappa shape index (κ1) is 16.7. The van der Waals surface area contributed by atoms with E-state index in [-0.39, 0.29) is 11.9 Å². The Kier molecular flexibility index (Phi) is 5.35. The molecule has 2 rings (SSSR count). The second-order valence-corrected chi connectivity index (χ2v) is 7.44. The molecule has 0 radical (unpaired) electrons. The van der Waals surface area contributed by atoms with Gasteiger partial charge < -0.3 is 5.32 Å². The van der Waals surface area contributed by atoms with Gasteiger partial charge in [0, 0.05) is 16.5 Å². The van der Waals surface area contributed by atoms with Gasteiger partial charge in [-0.3, -0.25) is 4.79 Å². The Balaban J connectivity index is 2.18. The van der Waals surface area contributed by atoms with Crippen molar-refractivity contribution in [3.63, 3.8) is 0 Å². The summed E-state index contributed by atoms with van der Waals surface area (Å²) >= 11 is 1.61. The highest BCUT2D eigenvalue weighted by atomic mass is 32.1. The van der Waals surface area contributed by atoms with Gasteiger partial charge in [0.2, 0.25) is 5.91 Å². The molecular weight excluding hydrogens is 292 g/mol. The summed E-state index contributed by atoms with van der Waals surface area (Å²) in [6, 6.07) is 8.48. The van der Waals surface area contributed by atoms with Gasteiger partial charge in [-0.15, -0.1) is 11.3 Å². The Morgan fingerprint density at radius 3 is 2.41 bits per heavy atom. The lowest BCUT2D eigenvalue weighted by Gasteiger charge is -2.17. The summed E-state index contributed by atoms with van der Waals surface area (Å²) in [6.45, 7) is 10.3. The van der Waals surface area contributed by atoms with E-state index in [1.807, 2.05) is 13.8 Å². The number of aryl methyl sites for hydroxylation is 2. The number of rotatable bonds is 5. The van der Waals surface area contributed by atoms with Crippen LogP contribution in [-0.2, 0) is 11.2 Å². The zero-order valence-electron chi connectivity index (χ0n) is 13.9. The second kappa shape index (κ2) is 7.05. The Labute approximate surface area is 136 Å². The van der Waals surface area contributed by atoms with Gasteiger partial charge in [0.25, 0.3) is 0 Å². The van der Waals surface area contributed by atoms with Gasteiger partial charge in [0.05, 0.1) is 17.1 Å². The van der Waals surface area contributed by atoms with Crippen LogP contribution in [-0.4, -0.2) is 16.9 Å². The first-order valence-corrected chi connectivity index (χ1v) is 8.51. The van der Waals surface area contributed by atoms with Crippen molar-refractivity contribution in [2.75, 3.05) is 0 Å². The highest BCUT2D eigenvalue weighted by Crippen LogP contribution is 2.28. The van der Waals surface area contributed by atoms with Gasteiger partial charge in [-0.2, -0.15) is 0 Å². The van der Waals surface area contributed by atoms with Gasteiger partial charge in [0.1, 0.15) is 0 Å². The van der Waals surface area contributed by atoms with E-state index in [9.17, 15) is 4.79 Å². The lowest BCUT2D eigenvalue weighted by Crippen LogP contribution is -2.36. The van der Waals surface area contributed by atoms with Crippen molar-refractivity contribution in [2.45, 2.75) is 47.1 Å². The zero-order chi connectivity index (χ0) is 16.3. The molecule has 0 spiro atoms. The van der Waals surface area contributed by atoms with Crippen molar-refractivity contribution in [1.29, 1.82) is 0 Å². The molecule has 3 nitrogen and oxygen atoms in total. The van der Waals surface area contributed by atoms with E-state index >= 15 is 0 Å². The van der Waals surface area contributed by atoms with Crippen LogP contribution in [0.15, 0.2) is 24.3 Å². The van der Waals surface area contributed by atoms with E-state index in [1.165, 1.54) is 5.56 Å². The van der Waals surface area contributed by atoms with Crippen LogP contribution in [0, 0.1) is 19.8 Å². The molecule has 0 aliphatic carbocycles. The van der Waals surface area contributed by atoms with Crippen LogP contribution >= 0.6 is 11.3 Å². The highest BCUT2D eigenvalue weighted by molar-refractivity contribution is 7.12. The molecule has 1 N–H and O–H groups in total. The van der Waals surface area contributed by atoms with Crippen LogP contribution in [0.1, 0.15) is 36.2 Å². The maximum Gasteiger partial charge on any atom is 0.225 e. The summed E-state index contributed by atoms with van der Waals surface area (Å²) < 4.78 is 0. The summed E-state index contributed by atoms with van der Waals surface area (Å²) in [5.74, 6) is 0.502. The Hall–Kier alpha value is -1.68. The van der Waals surface area contributed by atoms with Crippen molar-refractivity contribution in [2.24, 2.45) is 5.92 Å². The maximum absolute atomic E-state index is 12.2. The van der Waals surface area contributed by atoms with Gasteiger partial charge in [-0.25, -0.2) is 4.98 Å². The average Bonchev–Trinajstić information content (AvgIpc) is 2.80. The molecule has 1 amide bonds. The van der Waals surface area contributed by atoms with Crippen molar-refractivity contribution >= 4 is 17.2 Å². The van der Waals surface area contributed by atoms with Crippen LogP contribution in [0.2, 0.25) is 0 Å². The first-order chi connectivity index (χ1) is 10.4. The monoisotopic (exact) mass is 316 g/mol. The number of hydrogen-bond acceptors (Lipinski definition) is 3. The van der Waals surface area contributed by atoms with Gasteiger partial charge >= 0.3 is 0 Å². The molecular formula is C18H24N2OS. The molecule has 0 aliphatic rings. The SMILES string of the molecule is Cc1ccc(-c2nc(C)sc2CC(=O)NC(C)C(C)C)cc1. The number of thiazole rings is 1. The Morgan fingerprint density at radius 1 is 1.18 bits per heavy atom. The van der Waals surface area contributed by atoms with Crippen molar-refractivity contribution < 1.29 is 4.79 Å². The summed E-state index contributed by atoms with van der Waals surface area (Å²) in [4.78, 5) is 17.9. The van der Waals surface area contributed by atoms with Gasteiger partial charge in [-0.05, 0) is 26.7 Å². The molecule has 1 unspecified atom stereocenters. The largest absolute Gasteiger partial charge is 0.353 e. The highest BCUT2D eigenvalue weighted by Gasteiger charge is 2.17. The molecule has 118 valence electrons. The van der Waals surface area contributed by atoms with Crippen LogP contribution in [0.25, 0.3) is 11.3 Å². The topological polar surface area (TPSA) is 42.0 Å². The van der Waals surface area contributed by atoms with E-state index in [0.717, 1.165) is 21.1 Å². The summed E-state index contributed by atoms with van der Waals surface area (Å²) in [7, 11) is 0. The fourth-order valence-corrected chi connectivity index (χ4v) is 3.10. The molecule has 0 saturated carbocycles. The van der Waals surface area contributed by atoms with Crippen LogP contribution in [0.4, 0.5) is 0 Å². The maximum atomic E-state index is 12.2. The number of amides is 1. The van der Waals surface area contributed by atoms with E-state index in [1.54, 1.807) is 11.3 Å². The quantitative estimate of drug-likeness (QED) is 0.901. The van der Waals surface area contributed by atoms with Crippen LogP contribution in [0.5, 0.6) is 0 Å². The number of carbonyl (C=O) groups is 1. The fourth-order valence-electron chi connectivity index (χ4n) is 2.14. The normalized spacial score (nSPS) is 12.5. The second-order valence-electron chi connectivity index (χ2n) is 6.15. The van der Waals surface area contributed by atoms with Crippen molar-refractivity contribution in [3.05, 3.63) is 39.7 Å². The fraction of sp³-hybridized carbons (Fsp3) is 0.444. The first-order valence-electron chi connectivity index (χ1n) is 7.69. The molecule has 0 bridgehead atoms. The molecule has 1 aromatic carbocycles. The average molecular weight is 316 g/mol. The number of benzene rings is 1. The molecule has 2 aromatic rings. The van der Waals surface area contributed by atoms with Crippen molar-refractivity contribution in [3.8, 4) is 11.3 Å². The smallest absolute Gasteiger partial charge is 0.225 e. The molecule has 0 fully saturated rings. The van der Waals surface area contributed by atoms with Crippen molar-refractivity contribution in [1.82, 2.24) is 10.3 Å². The molecule has 4 heteroatoms. The van der Waals surface area contributed by atoms with Gasteiger partial charge in [0.15, 0.2) is 0 Å². The summed E-state index contributed by atoms with van der Waals surface area (Å²) in [5.41, 5.74) is 3.24. The number of hydrogen-bond donors (Lipinski definition) is 1. The lowest BCUT2D eigenvalue weighted by molar-refractivity contribution is -0.121. The molecule has 1 aromatic heterocycles. The minimum Gasteiger partial charge on any atom is -0.353 e. The van der Waals surface area contributed by atoms with Crippen LogP contribution < -0.4 is 5.32 Å². The third-order valence-electron chi connectivity index (χ3n) is 3.84. The zero-order valence-corrected chi connectivity index (χ0v) is 14.8. The van der Waals surface area contributed by atoms with E-state index in [2.05, 4.69) is 55.3 Å². The minimum atomic E-state index is 0.0678. The number of aromatic nitrogens is 1. The van der Waals surface area contributed by atoms with E-state index in [4.69, 9.17) is 0 Å². The standard InChI is InChI=1S/C18H24N2OS/c1-11(2)13(4)19-17(21)10-16-18(20-14(5)22-16)15-8-6-12(3)7-9-15/h6-9,11,13H,10H2,1-5H3,(H,19,21). The summed E-state index contributed by atoms with van der Waals surface area (Å²) in [5, 5.41) is 4.06. The van der Waals surface area contributed by atoms with E-state index < -0.39 is 0 Å². The molecule has 1 atom stereocenters. The number of carbonyl (C=O) groups excluding carboxylic acids is 1. The third-order valence-corrected chi connectivity index (χ3v) is 4.81. The number of nitrogens with one attached hydrogen (secondary N) is 1. The third kappa shape index (κ3) is 4.17. The molecule has 0 saturated heterocycles. The predicted octanol–water partition coefficient (Wildman–Crippen LogP) is 4.13. The molecule has 1 heterocycles.